The molecule has 0 aliphatic rings. The van der Waals surface area contributed by atoms with Crippen LogP contribution < -0.4 is 11.1 Å². The zero-order valence-electron chi connectivity index (χ0n) is 10.3. The molecule has 6 heteroatoms. The van der Waals surface area contributed by atoms with Crippen LogP contribution in [-0.4, -0.2) is 5.91 Å². The second kappa shape index (κ2) is 5.64. The molecule has 0 unspecified atom stereocenters. The highest BCUT2D eigenvalue weighted by atomic mass is 19.2. The van der Waals surface area contributed by atoms with E-state index in [4.69, 9.17) is 5.73 Å². The fraction of sp³-hybridized carbons (Fsp3) is 0.0714. The molecular weight excluding hydrogens is 269 g/mol. The number of benzene rings is 2. The van der Waals surface area contributed by atoms with Crippen LogP contribution in [0.5, 0.6) is 0 Å². The Hall–Kier alpha value is -2.50. The summed E-state index contributed by atoms with van der Waals surface area (Å²) in [7, 11) is 0. The second-order valence-electron chi connectivity index (χ2n) is 4.13. The molecule has 0 fully saturated rings. The minimum absolute atomic E-state index is 0.0890. The predicted molar refractivity (Wildman–Crippen MR) is 68.6 cm³/mol. The van der Waals surface area contributed by atoms with Gasteiger partial charge in [-0.2, -0.15) is 0 Å². The van der Waals surface area contributed by atoms with E-state index in [1.54, 1.807) is 0 Å². The number of carbonyl (C=O) groups excluding carboxylic acids is 1. The third-order valence-corrected chi connectivity index (χ3v) is 2.75. The zero-order chi connectivity index (χ0) is 14.7. The predicted octanol–water partition coefficient (Wildman–Crippen LogP) is 2.81. The minimum Gasteiger partial charge on any atom is -0.378 e. The fourth-order valence-electron chi connectivity index (χ4n) is 1.69. The van der Waals surface area contributed by atoms with Crippen molar-refractivity contribution in [3.8, 4) is 0 Å². The summed E-state index contributed by atoms with van der Waals surface area (Å²) in [6.07, 6.45) is 0. The highest BCUT2D eigenvalue weighted by Crippen LogP contribution is 2.18. The van der Waals surface area contributed by atoms with E-state index in [0.717, 1.165) is 12.1 Å². The van der Waals surface area contributed by atoms with Gasteiger partial charge in [0.25, 0.3) is 0 Å². The molecule has 3 nitrogen and oxygen atoms in total. The lowest BCUT2D eigenvalue weighted by molar-refractivity contribution is 0.1000. The molecular formula is C14H11F3N2O. The molecule has 0 bridgehead atoms. The first kappa shape index (κ1) is 13.9. The lowest BCUT2D eigenvalue weighted by Gasteiger charge is -2.09. The number of amides is 1. The van der Waals surface area contributed by atoms with Crippen molar-refractivity contribution in [1.29, 1.82) is 0 Å². The van der Waals surface area contributed by atoms with Gasteiger partial charge < -0.3 is 11.1 Å². The number of primary amides is 1. The number of halogens is 3. The van der Waals surface area contributed by atoms with Crippen molar-refractivity contribution in [3.05, 3.63) is 65.0 Å². The van der Waals surface area contributed by atoms with Crippen LogP contribution in [0.4, 0.5) is 18.9 Å². The molecule has 0 saturated heterocycles. The van der Waals surface area contributed by atoms with Crippen LogP contribution in [0.1, 0.15) is 15.9 Å². The third-order valence-electron chi connectivity index (χ3n) is 2.75. The molecule has 0 spiro atoms. The van der Waals surface area contributed by atoms with Crippen LogP contribution in [0.3, 0.4) is 0 Å². The lowest BCUT2D eigenvalue weighted by atomic mass is 10.1. The molecule has 0 heterocycles. The molecule has 3 N–H and O–H groups in total. The van der Waals surface area contributed by atoms with Crippen molar-refractivity contribution < 1.29 is 18.0 Å². The highest BCUT2D eigenvalue weighted by molar-refractivity contribution is 5.92. The highest BCUT2D eigenvalue weighted by Gasteiger charge is 2.10. The largest absolute Gasteiger partial charge is 0.378 e. The van der Waals surface area contributed by atoms with Crippen LogP contribution in [0.2, 0.25) is 0 Å². The summed E-state index contributed by atoms with van der Waals surface area (Å²) < 4.78 is 40.0. The van der Waals surface area contributed by atoms with Gasteiger partial charge in [-0.15, -0.1) is 0 Å². The van der Waals surface area contributed by atoms with Crippen molar-refractivity contribution in [2.24, 2.45) is 5.73 Å². The van der Waals surface area contributed by atoms with E-state index < -0.39 is 23.4 Å². The molecule has 0 aliphatic heterocycles. The number of nitrogens with one attached hydrogen (secondary N) is 1. The maximum atomic E-state index is 13.6. The first-order valence-corrected chi connectivity index (χ1v) is 5.75. The van der Waals surface area contributed by atoms with E-state index in [1.165, 1.54) is 24.3 Å². The van der Waals surface area contributed by atoms with Crippen LogP contribution in [-0.2, 0) is 6.54 Å². The first-order chi connectivity index (χ1) is 9.49. The molecule has 104 valence electrons. The molecule has 2 aromatic carbocycles. The number of hydrogen-bond donors (Lipinski definition) is 2. The molecule has 0 aliphatic carbocycles. The second-order valence-corrected chi connectivity index (χ2v) is 4.13. The van der Waals surface area contributed by atoms with Crippen molar-refractivity contribution in [2.75, 3.05) is 5.32 Å². The normalized spacial score (nSPS) is 10.3. The van der Waals surface area contributed by atoms with Crippen molar-refractivity contribution in [3.63, 3.8) is 0 Å². The summed E-state index contributed by atoms with van der Waals surface area (Å²) in [5, 5.41) is 2.57. The summed E-state index contributed by atoms with van der Waals surface area (Å²) >= 11 is 0. The Bertz CT molecular complexity index is 659. The maximum absolute atomic E-state index is 13.6. The number of anilines is 1. The molecule has 0 radical (unpaired) electrons. The van der Waals surface area contributed by atoms with E-state index in [0.29, 0.717) is 0 Å². The summed E-state index contributed by atoms with van der Waals surface area (Å²) in [5.74, 6) is -3.30. The Labute approximate surface area is 113 Å². The topological polar surface area (TPSA) is 55.1 Å². The SMILES string of the molecule is NC(=O)c1ccc(F)c(CNc2cccc(F)c2F)c1. The van der Waals surface area contributed by atoms with Gasteiger partial charge in [0.1, 0.15) is 5.82 Å². The van der Waals surface area contributed by atoms with Gasteiger partial charge in [-0.1, -0.05) is 6.07 Å². The Morgan fingerprint density at radius 1 is 1.10 bits per heavy atom. The fourth-order valence-corrected chi connectivity index (χ4v) is 1.69. The number of hydrogen-bond acceptors (Lipinski definition) is 2. The van der Waals surface area contributed by atoms with Crippen LogP contribution >= 0.6 is 0 Å². The summed E-state index contributed by atoms with van der Waals surface area (Å²) in [6, 6.07) is 7.25. The average molecular weight is 280 g/mol. The summed E-state index contributed by atoms with van der Waals surface area (Å²) in [4.78, 5) is 11.0. The Balaban J connectivity index is 2.20. The molecule has 1 amide bonds. The summed E-state index contributed by atoms with van der Waals surface area (Å²) in [5.41, 5.74) is 5.27. The Morgan fingerprint density at radius 2 is 1.85 bits per heavy atom. The van der Waals surface area contributed by atoms with Crippen LogP contribution in [0.15, 0.2) is 36.4 Å². The lowest BCUT2D eigenvalue weighted by Crippen LogP contribution is -2.12. The van der Waals surface area contributed by atoms with Gasteiger partial charge in [0, 0.05) is 17.7 Å². The van der Waals surface area contributed by atoms with E-state index >= 15 is 0 Å². The van der Waals surface area contributed by atoms with Gasteiger partial charge >= 0.3 is 0 Å². The summed E-state index contributed by atoms with van der Waals surface area (Å²) in [6.45, 7) is -0.104. The van der Waals surface area contributed by atoms with Gasteiger partial charge in [0.2, 0.25) is 5.91 Å². The molecule has 0 saturated carbocycles. The standard InChI is InChI=1S/C14H11F3N2O/c15-10-5-4-8(14(18)20)6-9(10)7-19-12-3-1-2-11(16)13(12)17/h1-6,19H,7H2,(H2,18,20). The van der Waals surface area contributed by atoms with Gasteiger partial charge in [0.15, 0.2) is 11.6 Å². The number of nitrogens with two attached hydrogens (primary N) is 1. The number of carbonyl (C=O) groups is 1. The van der Waals surface area contributed by atoms with Crippen LogP contribution in [0, 0.1) is 17.5 Å². The molecule has 20 heavy (non-hydrogen) atoms. The van der Waals surface area contributed by atoms with Crippen molar-refractivity contribution >= 4 is 11.6 Å². The van der Waals surface area contributed by atoms with Gasteiger partial charge in [-0.05, 0) is 30.3 Å². The van der Waals surface area contributed by atoms with Gasteiger partial charge in [0.05, 0.1) is 5.69 Å². The van der Waals surface area contributed by atoms with Crippen LogP contribution in [0.25, 0.3) is 0 Å². The van der Waals surface area contributed by atoms with Gasteiger partial charge in [-0.3, -0.25) is 4.79 Å². The van der Waals surface area contributed by atoms with E-state index in [9.17, 15) is 18.0 Å². The smallest absolute Gasteiger partial charge is 0.248 e. The average Bonchev–Trinajstić information content (AvgIpc) is 2.41. The zero-order valence-corrected chi connectivity index (χ0v) is 10.3. The molecule has 0 atom stereocenters. The molecule has 2 rings (SSSR count). The Morgan fingerprint density at radius 3 is 2.55 bits per heavy atom. The molecule has 0 aromatic heterocycles. The van der Waals surface area contributed by atoms with E-state index in [1.807, 2.05) is 0 Å². The quantitative estimate of drug-likeness (QED) is 0.904. The van der Waals surface area contributed by atoms with E-state index in [2.05, 4.69) is 5.32 Å². The molecule has 2 aromatic rings. The number of rotatable bonds is 4. The minimum atomic E-state index is -1.04. The van der Waals surface area contributed by atoms with Crippen molar-refractivity contribution in [1.82, 2.24) is 0 Å². The first-order valence-electron chi connectivity index (χ1n) is 5.75. The third kappa shape index (κ3) is 2.90. The van der Waals surface area contributed by atoms with E-state index in [-0.39, 0.29) is 23.4 Å². The maximum Gasteiger partial charge on any atom is 0.248 e. The monoisotopic (exact) mass is 280 g/mol. The van der Waals surface area contributed by atoms with Crippen molar-refractivity contribution in [2.45, 2.75) is 6.54 Å². The Kier molecular flexibility index (Phi) is 3.93. The van der Waals surface area contributed by atoms with Gasteiger partial charge in [-0.25, -0.2) is 13.2 Å².